The van der Waals surface area contributed by atoms with Gasteiger partial charge in [0.25, 0.3) is 0 Å². The summed E-state index contributed by atoms with van der Waals surface area (Å²) in [4.78, 5) is 0. The molecular formula is C18H25NO. The van der Waals surface area contributed by atoms with Gasteiger partial charge in [-0.05, 0) is 37.8 Å². The van der Waals surface area contributed by atoms with E-state index < -0.39 is 0 Å². The number of rotatable bonds is 4. The predicted molar refractivity (Wildman–Crippen MR) is 83.8 cm³/mol. The molecule has 2 atom stereocenters. The first-order valence-electron chi connectivity index (χ1n) is 7.93. The van der Waals surface area contributed by atoms with E-state index in [2.05, 4.69) is 37.4 Å². The molecule has 1 heterocycles. The van der Waals surface area contributed by atoms with Crippen molar-refractivity contribution in [3.8, 4) is 0 Å². The smallest absolute Gasteiger partial charge is 0.134 e. The molecule has 0 saturated heterocycles. The second kappa shape index (κ2) is 6.01. The molecule has 20 heavy (non-hydrogen) atoms. The van der Waals surface area contributed by atoms with Crippen LogP contribution in [0.2, 0.25) is 0 Å². The fourth-order valence-corrected chi connectivity index (χ4v) is 3.52. The Hall–Kier alpha value is -1.28. The van der Waals surface area contributed by atoms with E-state index in [0.29, 0.717) is 0 Å². The van der Waals surface area contributed by atoms with Gasteiger partial charge in [0, 0.05) is 17.5 Å². The number of aryl methyl sites for hydroxylation is 1. The third-order valence-electron chi connectivity index (χ3n) is 4.90. The van der Waals surface area contributed by atoms with E-state index in [9.17, 15) is 0 Å². The number of benzene rings is 1. The molecule has 2 unspecified atom stereocenters. The highest BCUT2D eigenvalue weighted by atomic mass is 16.3. The Labute approximate surface area is 121 Å². The standard InChI is InChI=1S/C18H25NO/c1-13-7-3-4-8-15(13)11-19-12-17-14(2)20-18-10-6-5-9-16(17)18/h5-6,9-10,13,15,19H,3-4,7-8,11-12H2,1-2H3. The average Bonchev–Trinajstić information content (AvgIpc) is 2.77. The highest BCUT2D eigenvalue weighted by molar-refractivity contribution is 5.82. The SMILES string of the molecule is Cc1oc2ccccc2c1CNCC1CCCCC1C. The van der Waals surface area contributed by atoms with Crippen LogP contribution in [-0.4, -0.2) is 6.54 Å². The van der Waals surface area contributed by atoms with Gasteiger partial charge in [0.15, 0.2) is 0 Å². The van der Waals surface area contributed by atoms with Gasteiger partial charge in [0.2, 0.25) is 0 Å². The lowest BCUT2D eigenvalue weighted by Gasteiger charge is -2.28. The van der Waals surface area contributed by atoms with Crippen LogP contribution in [0.4, 0.5) is 0 Å². The van der Waals surface area contributed by atoms with Gasteiger partial charge in [-0.15, -0.1) is 0 Å². The number of fused-ring (bicyclic) bond motifs is 1. The van der Waals surface area contributed by atoms with Crippen molar-refractivity contribution in [3.63, 3.8) is 0 Å². The van der Waals surface area contributed by atoms with Crippen molar-refractivity contribution in [1.82, 2.24) is 5.32 Å². The van der Waals surface area contributed by atoms with Gasteiger partial charge in [-0.3, -0.25) is 0 Å². The van der Waals surface area contributed by atoms with Gasteiger partial charge in [0.05, 0.1) is 0 Å². The molecule has 0 bridgehead atoms. The Balaban J connectivity index is 1.63. The van der Waals surface area contributed by atoms with Crippen LogP contribution >= 0.6 is 0 Å². The largest absolute Gasteiger partial charge is 0.461 e. The fourth-order valence-electron chi connectivity index (χ4n) is 3.52. The van der Waals surface area contributed by atoms with Crippen molar-refractivity contribution >= 4 is 11.0 Å². The fraction of sp³-hybridized carbons (Fsp3) is 0.556. The monoisotopic (exact) mass is 271 g/mol. The van der Waals surface area contributed by atoms with Gasteiger partial charge in [-0.2, -0.15) is 0 Å². The second-order valence-electron chi connectivity index (χ2n) is 6.29. The quantitative estimate of drug-likeness (QED) is 0.875. The molecule has 3 rings (SSSR count). The number of para-hydroxylation sites is 1. The lowest BCUT2D eigenvalue weighted by molar-refractivity contribution is 0.247. The van der Waals surface area contributed by atoms with E-state index in [1.807, 2.05) is 6.07 Å². The van der Waals surface area contributed by atoms with Crippen molar-refractivity contribution in [2.45, 2.75) is 46.1 Å². The van der Waals surface area contributed by atoms with Crippen molar-refractivity contribution in [1.29, 1.82) is 0 Å². The maximum atomic E-state index is 5.82. The molecule has 1 aliphatic rings. The summed E-state index contributed by atoms with van der Waals surface area (Å²) >= 11 is 0. The molecule has 0 radical (unpaired) electrons. The van der Waals surface area contributed by atoms with E-state index in [4.69, 9.17) is 4.42 Å². The molecule has 1 saturated carbocycles. The van der Waals surface area contributed by atoms with Gasteiger partial charge in [0.1, 0.15) is 11.3 Å². The van der Waals surface area contributed by atoms with E-state index in [1.165, 1.54) is 36.6 Å². The number of furan rings is 1. The minimum absolute atomic E-state index is 0.849. The highest BCUT2D eigenvalue weighted by Crippen LogP contribution is 2.29. The third kappa shape index (κ3) is 2.76. The maximum Gasteiger partial charge on any atom is 0.134 e. The lowest BCUT2D eigenvalue weighted by atomic mass is 9.80. The molecule has 0 aliphatic heterocycles. The van der Waals surface area contributed by atoms with Crippen molar-refractivity contribution < 1.29 is 4.42 Å². The number of hydrogen-bond donors (Lipinski definition) is 1. The lowest BCUT2D eigenvalue weighted by Crippen LogP contribution is -2.29. The van der Waals surface area contributed by atoms with Crippen molar-refractivity contribution in [2.75, 3.05) is 6.54 Å². The number of hydrogen-bond acceptors (Lipinski definition) is 2. The first-order valence-corrected chi connectivity index (χ1v) is 7.93. The Kier molecular flexibility index (Phi) is 4.11. The zero-order chi connectivity index (χ0) is 13.9. The van der Waals surface area contributed by atoms with Crippen LogP contribution < -0.4 is 5.32 Å². The summed E-state index contributed by atoms with van der Waals surface area (Å²) in [5.41, 5.74) is 2.33. The summed E-state index contributed by atoms with van der Waals surface area (Å²) in [7, 11) is 0. The first-order chi connectivity index (χ1) is 9.75. The van der Waals surface area contributed by atoms with Gasteiger partial charge >= 0.3 is 0 Å². The Bertz CT molecular complexity index is 572. The van der Waals surface area contributed by atoms with Crippen LogP contribution in [-0.2, 0) is 6.54 Å². The zero-order valence-electron chi connectivity index (χ0n) is 12.6. The summed E-state index contributed by atoms with van der Waals surface area (Å²) in [6.07, 6.45) is 5.62. The van der Waals surface area contributed by atoms with E-state index >= 15 is 0 Å². The summed E-state index contributed by atoms with van der Waals surface area (Å²) < 4.78 is 5.82. The summed E-state index contributed by atoms with van der Waals surface area (Å²) in [5, 5.41) is 4.92. The topological polar surface area (TPSA) is 25.2 Å². The van der Waals surface area contributed by atoms with Crippen LogP contribution in [0.5, 0.6) is 0 Å². The molecule has 0 spiro atoms. The Morgan fingerprint density at radius 2 is 2.00 bits per heavy atom. The molecule has 1 aromatic carbocycles. The van der Waals surface area contributed by atoms with E-state index in [1.54, 1.807) is 0 Å². The van der Waals surface area contributed by atoms with E-state index in [0.717, 1.165) is 36.3 Å². The van der Waals surface area contributed by atoms with Crippen LogP contribution in [0.15, 0.2) is 28.7 Å². The summed E-state index contributed by atoms with van der Waals surface area (Å²) in [5.74, 6) is 2.77. The predicted octanol–water partition coefficient (Wildman–Crippen LogP) is 4.66. The minimum atomic E-state index is 0.849. The normalized spacial score (nSPS) is 23.3. The molecule has 108 valence electrons. The molecule has 2 heteroatoms. The molecule has 2 nitrogen and oxygen atoms in total. The third-order valence-corrected chi connectivity index (χ3v) is 4.90. The van der Waals surface area contributed by atoms with Crippen LogP contribution in [0.3, 0.4) is 0 Å². The minimum Gasteiger partial charge on any atom is -0.461 e. The average molecular weight is 271 g/mol. The van der Waals surface area contributed by atoms with Gasteiger partial charge < -0.3 is 9.73 Å². The second-order valence-corrected chi connectivity index (χ2v) is 6.29. The number of nitrogens with one attached hydrogen (secondary N) is 1. The molecule has 1 aromatic heterocycles. The Morgan fingerprint density at radius 3 is 2.85 bits per heavy atom. The molecule has 1 aliphatic carbocycles. The van der Waals surface area contributed by atoms with Gasteiger partial charge in [-0.25, -0.2) is 0 Å². The summed E-state index contributed by atoms with van der Waals surface area (Å²) in [6.45, 7) is 6.54. The van der Waals surface area contributed by atoms with Crippen LogP contribution in [0, 0.1) is 18.8 Å². The molecule has 1 fully saturated rings. The molecule has 1 N–H and O–H groups in total. The van der Waals surface area contributed by atoms with Crippen LogP contribution in [0.25, 0.3) is 11.0 Å². The maximum absolute atomic E-state index is 5.82. The van der Waals surface area contributed by atoms with Crippen molar-refractivity contribution in [2.24, 2.45) is 11.8 Å². The van der Waals surface area contributed by atoms with Crippen LogP contribution in [0.1, 0.15) is 43.9 Å². The van der Waals surface area contributed by atoms with Gasteiger partial charge in [-0.1, -0.05) is 44.4 Å². The van der Waals surface area contributed by atoms with E-state index in [-0.39, 0.29) is 0 Å². The Morgan fingerprint density at radius 1 is 1.20 bits per heavy atom. The van der Waals surface area contributed by atoms with Crippen molar-refractivity contribution in [3.05, 3.63) is 35.6 Å². The molecule has 2 aromatic rings. The molecular weight excluding hydrogens is 246 g/mol. The first kappa shape index (κ1) is 13.7. The summed E-state index contributed by atoms with van der Waals surface area (Å²) in [6, 6.07) is 8.33. The zero-order valence-corrected chi connectivity index (χ0v) is 12.6. The highest BCUT2D eigenvalue weighted by Gasteiger charge is 2.21. The molecule has 0 amide bonds.